The summed E-state index contributed by atoms with van der Waals surface area (Å²) < 4.78 is 11.4. The van der Waals surface area contributed by atoms with Crippen molar-refractivity contribution < 1.29 is 9.47 Å². The van der Waals surface area contributed by atoms with Crippen LogP contribution in [0.15, 0.2) is 54.6 Å². The molecule has 1 heterocycles. The summed E-state index contributed by atoms with van der Waals surface area (Å²) in [6.07, 6.45) is 3.22. The molecule has 1 fully saturated rings. The van der Waals surface area contributed by atoms with E-state index < -0.39 is 0 Å². The summed E-state index contributed by atoms with van der Waals surface area (Å²) in [4.78, 5) is 0. The van der Waals surface area contributed by atoms with E-state index in [1.807, 2.05) is 0 Å². The Morgan fingerprint density at radius 3 is 2.42 bits per heavy atom. The fourth-order valence-corrected chi connectivity index (χ4v) is 4.18. The van der Waals surface area contributed by atoms with Crippen molar-refractivity contribution >= 4 is 0 Å². The van der Waals surface area contributed by atoms with Crippen LogP contribution in [-0.2, 0) is 16.7 Å². The second-order valence-corrected chi connectivity index (χ2v) is 7.96. The van der Waals surface area contributed by atoms with Crippen molar-refractivity contribution in [2.24, 2.45) is 0 Å². The van der Waals surface area contributed by atoms with Gasteiger partial charge in [0, 0.05) is 18.6 Å². The standard InChI is InChI=1S/C23H31NO2/c1-22(2)18-23(14-16-26-22,20-9-11-21(25-3)12-10-20)13-15-24-17-19-7-5-4-6-8-19/h4-12,24H,13-18H2,1-3H3. The van der Waals surface area contributed by atoms with Gasteiger partial charge in [-0.3, -0.25) is 0 Å². The first-order chi connectivity index (χ1) is 12.5. The third-order valence-corrected chi connectivity index (χ3v) is 5.49. The molecule has 140 valence electrons. The van der Waals surface area contributed by atoms with Gasteiger partial charge < -0.3 is 14.8 Å². The van der Waals surface area contributed by atoms with E-state index in [2.05, 4.69) is 73.8 Å². The molecule has 0 radical (unpaired) electrons. The summed E-state index contributed by atoms with van der Waals surface area (Å²) >= 11 is 0. The van der Waals surface area contributed by atoms with Crippen LogP contribution in [0.25, 0.3) is 0 Å². The topological polar surface area (TPSA) is 30.5 Å². The van der Waals surface area contributed by atoms with Crippen LogP contribution in [0.4, 0.5) is 0 Å². The van der Waals surface area contributed by atoms with Crippen LogP contribution in [0, 0.1) is 0 Å². The first-order valence-corrected chi connectivity index (χ1v) is 9.56. The van der Waals surface area contributed by atoms with Crippen molar-refractivity contribution in [1.29, 1.82) is 0 Å². The lowest BCUT2D eigenvalue weighted by molar-refractivity contribution is -0.0840. The van der Waals surface area contributed by atoms with Gasteiger partial charge in [-0.15, -0.1) is 0 Å². The summed E-state index contributed by atoms with van der Waals surface area (Å²) in [5, 5.41) is 3.63. The Kier molecular flexibility index (Phi) is 6.00. The molecule has 0 amide bonds. The second kappa shape index (κ2) is 8.24. The quantitative estimate of drug-likeness (QED) is 0.732. The Balaban J connectivity index is 1.70. The molecular weight excluding hydrogens is 322 g/mol. The first kappa shape index (κ1) is 18.9. The molecule has 1 unspecified atom stereocenters. The van der Waals surface area contributed by atoms with E-state index in [0.717, 1.165) is 44.7 Å². The lowest BCUT2D eigenvalue weighted by Gasteiger charge is -2.45. The molecule has 3 nitrogen and oxygen atoms in total. The zero-order chi connectivity index (χ0) is 18.5. The normalized spacial score (nSPS) is 22.1. The van der Waals surface area contributed by atoms with E-state index in [1.165, 1.54) is 11.1 Å². The smallest absolute Gasteiger partial charge is 0.118 e. The zero-order valence-electron chi connectivity index (χ0n) is 16.3. The van der Waals surface area contributed by atoms with E-state index in [1.54, 1.807) is 7.11 Å². The highest BCUT2D eigenvalue weighted by atomic mass is 16.5. The summed E-state index contributed by atoms with van der Waals surface area (Å²) in [6, 6.07) is 19.2. The van der Waals surface area contributed by atoms with Gasteiger partial charge in [-0.1, -0.05) is 42.5 Å². The summed E-state index contributed by atoms with van der Waals surface area (Å²) in [5.74, 6) is 0.914. The fraction of sp³-hybridized carbons (Fsp3) is 0.478. The van der Waals surface area contributed by atoms with Crippen LogP contribution in [0.1, 0.15) is 44.2 Å². The molecule has 0 spiro atoms. The maximum atomic E-state index is 6.02. The van der Waals surface area contributed by atoms with Crippen molar-refractivity contribution in [2.45, 2.75) is 50.7 Å². The van der Waals surface area contributed by atoms with Crippen molar-refractivity contribution in [3.63, 3.8) is 0 Å². The molecule has 3 rings (SSSR count). The number of rotatable bonds is 7. The Labute approximate surface area is 157 Å². The number of ether oxygens (including phenoxy) is 2. The third-order valence-electron chi connectivity index (χ3n) is 5.49. The van der Waals surface area contributed by atoms with E-state index in [9.17, 15) is 0 Å². The molecule has 0 bridgehead atoms. The monoisotopic (exact) mass is 353 g/mol. The lowest BCUT2D eigenvalue weighted by atomic mass is 9.67. The molecule has 1 atom stereocenters. The van der Waals surface area contributed by atoms with Crippen LogP contribution in [0.5, 0.6) is 5.75 Å². The lowest BCUT2D eigenvalue weighted by Crippen LogP contribution is -2.45. The van der Waals surface area contributed by atoms with E-state index >= 15 is 0 Å². The minimum atomic E-state index is -0.0857. The van der Waals surface area contributed by atoms with Gasteiger partial charge in [0.15, 0.2) is 0 Å². The number of nitrogens with one attached hydrogen (secondary N) is 1. The van der Waals surface area contributed by atoms with E-state index in [4.69, 9.17) is 9.47 Å². The van der Waals surface area contributed by atoms with Gasteiger partial charge >= 0.3 is 0 Å². The molecule has 1 N–H and O–H groups in total. The van der Waals surface area contributed by atoms with Crippen molar-refractivity contribution in [3.8, 4) is 5.75 Å². The average molecular weight is 354 g/mol. The zero-order valence-corrected chi connectivity index (χ0v) is 16.3. The second-order valence-electron chi connectivity index (χ2n) is 7.96. The van der Waals surface area contributed by atoms with Crippen LogP contribution >= 0.6 is 0 Å². The number of benzene rings is 2. The van der Waals surface area contributed by atoms with Crippen molar-refractivity contribution in [3.05, 3.63) is 65.7 Å². The van der Waals surface area contributed by atoms with Gasteiger partial charge in [0.2, 0.25) is 0 Å². The van der Waals surface area contributed by atoms with Gasteiger partial charge in [-0.2, -0.15) is 0 Å². The predicted octanol–water partition coefficient (Wildman–Crippen LogP) is 4.70. The SMILES string of the molecule is COc1ccc(C2(CCNCc3ccccc3)CCOC(C)(C)C2)cc1. The number of methoxy groups -OCH3 is 1. The van der Waals surface area contributed by atoms with Crippen molar-refractivity contribution in [1.82, 2.24) is 5.32 Å². The van der Waals surface area contributed by atoms with Crippen LogP contribution in [-0.4, -0.2) is 25.9 Å². The van der Waals surface area contributed by atoms with Gasteiger partial charge in [-0.25, -0.2) is 0 Å². The molecule has 0 aromatic heterocycles. The Hall–Kier alpha value is -1.84. The summed E-state index contributed by atoms with van der Waals surface area (Å²) in [7, 11) is 1.72. The van der Waals surface area contributed by atoms with Gasteiger partial charge in [0.25, 0.3) is 0 Å². The molecule has 1 saturated heterocycles. The average Bonchev–Trinajstić information content (AvgIpc) is 2.65. The molecule has 2 aromatic carbocycles. The van der Waals surface area contributed by atoms with Crippen LogP contribution in [0.3, 0.4) is 0 Å². The fourth-order valence-electron chi connectivity index (χ4n) is 4.18. The molecule has 1 aliphatic rings. The molecule has 1 aliphatic heterocycles. The molecule has 26 heavy (non-hydrogen) atoms. The summed E-state index contributed by atoms with van der Waals surface area (Å²) in [6.45, 7) is 7.15. The maximum absolute atomic E-state index is 6.02. The molecule has 0 saturated carbocycles. The molecular formula is C23H31NO2. The highest BCUT2D eigenvalue weighted by Crippen LogP contribution is 2.44. The first-order valence-electron chi connectivity index (χ1n) is 9.56. The number of hydrogen-bond donors (Lipinski definition) is 1. The van der Waals surface area contributed by atoms with E-state index in [-0.39, 0.29) is 11.0 Å². The van der Waals surface area contributed by atoms with Gasteiger partial charge in [0.05, 0.1) is 12.7 Å². The van der Waals surface area contributed by atoms with E-state index in [0.29, 0.717) is 0 Å². The number of hydrogen-bond acceptors (Lipinski definition) is 3. The molecule has 0 aliphatic carbocycles. The third kappa shape index (κ3) is 4.66. The largest absolute Gasteiger partial charge is 0.497 e. The Morgan fingerprint density at radius 1 is 1.04 bits per heavy atom. The molecule has 2 aromatic rings. The van der Waals surface area contributed by atoms with Crippen molar-refractivity contribution in [2.75, 3.05) is 20.3 Å². The Bertz CT molecular complexity index is 681. The highest BCUT2D eigenvalue weighted by Gasteiger charge is 2.41. The van der Waals surface area contributed by atoms with Crippen LogP contribution < -0.4 is 10.1 Å². The predicted molar refractivity (Wildman–Crippen MR) is 107 cm³/mol. The molecule has 3 heteroatoms. The van der Waals surface area contributed by atoms with Gasteiger partial charge in [0.1, 0.15) is 5.75 Å². The minimum Gasteiger partial charge on any atom is -0.497 e. The van der Waals surface area contributed by atoms with Gasteiger partial charge in [-0.05, 0) is 62.9 Å². The minimum absolute atomic E-state index is 0.0857. The maximum Gasteiger partial charge on any atom is 0.118 e. The van der Waals surface area contributed by atoms with Crippen LogP contribution in [0.2, 0.25) is 0 Å². The summed E-state index contributed by atoms with van der Waals surface area (Å²) in [5.41, 5.74) is 2.80. The Morgan fingerprint density at radius 2 is 1.77 bits per heavy atom. The highest BCUT2D eigenvalue weighted by molar-refractivity contribution is 5.33.